The van der Waals surface area contributed by atoms with Gasteiger partial charge >= 0.3 is 0 Å². The number of carbonyl (C=O) groups is 1. The molecule has 0 amide bonds. The van der Waals surface area contributed by atoms with Crippen LogP contribution in [0.2, 0.25) is 0 Å². The molecule has 1 rings (SSSR count). The second kappa shape index (κ2) is 47.9. The number of ether oxygens (including phenoxy) is 13. The van der Waals surface area contributed by atoms with Crippen molar-refractivity contribution in [2.75, 3.05) is 165 Å². The zero-order valence-corrected chi connectivity index (χ0v) is 36.1. The SMILES string of the molecule is CCCCCCCCCCCCCOCCOCCOCCOCCOCCOCCOCCOCCOCCOCCOCCOCCOc1ccc(C=O)cc1. The van der Waals surface area contributed by atoms with Gasteiger partial charge in [-0.3, -0.25) is 4.79 Å². The number of hydrogen-bond acceptors (Lipinski definition) is 14. The topological polar surface area (TPSA) is 137 Å². The van der Waals surface area contributed by atoms with Gasteiger partial charge in [0.05, 0.1) is 152 Å². The van der Waals surface area contributed by atoms with Gasteiger partial charge in [0.15, 0.2) is 0 Å². The maximum Gasteiger partial charge on any atom is 0.150 e. The van der Waals surface area contributed by atoms with Crippen LogP contribution < -0.4 is 4.74 Å². The molecule has 0 aromatic heterocycles. The Bertz CT molecular complexity index is 926. The highest BCUT2D eigenvalue weighted by Gasteiger charge is 1.99. The van der Waals surface area contributed by atoms with Crippen LogP contribution in [0.25, 0.3) is 0 Å². The Balaban J connectivity index is 1.61. The molecule has 0 fully saturated rings. The molecule has 1 aromatic rings. The molecular formula is C44H80O14. The van der Waals surface area contributed by atoms with Gasteiger partial charge in [0.25, 0.3) is 0 Å². The van der Waals surface area contributed by atoms with Crippen molar-refractivity contribution >= 4 is 6.29 Å². The Morgan fingerprint density at radius 1 is 0.310 bits per heavy atom. The van der Waals surface area contributed by atoms with E-state index in [9.17, 15) is 4.79 Å². The summed E-state index contributed by atoms with van der Waals surface area (Å²) in [7, 11) is 0. The van der Waals surface area contributed by atoms with Crippen LogP contribution in [0.4, 0.5) is 0 Å². The summed E-state index contributed by atoms with van der Waals surface area (Å²) in [6, 6.07) is 6.94. The molecule has 340 valence electrons. The molecule has 0 N–H and O–H groups in total. The van der Waals surface area contributed by atoms with Gasteiger partial charge in [-0.2, -0.15) is 0 Å². The van der Waals surface area contributed by atoms with Gasteiger partial charge in [0.2, 0.25) is 0 Å². The van der Waals surface area contributed by atoms with Crippen molar-refractivity contribution in [2.24, 2.45) is 0 Å². The first-order valence-electron chi connectivity index (χ1n) is 22.0. The molecule has 0 saturated heterocycles. The average Bonchev–Trinajstić information content (AvgIpc) is 3.24. The minimum Gasteiger partial charge on any atom is -0.491 e. The number of rotatable bonds is 50. The van der Waals surface area contributed by atoms with Crippen LogP contribution in [0.5, 0.6) is 5.75 Å². The normalized spacial score (nSPS) is 11.5. The monoisotopic (exact) mass is 833 g/mol. The summed E-state index contributed by atoms with van der Waals surface area (Å²) in [5, 5.41) is 0. The lowest BCUT2D eigenvalue weighted by atomic mass is 10.1. The summed E-state index contributed by atoms with van der Waals surface area (Å²) in [5.74, 6) is 0.705. The molecule has 14 heteroatoms. The molecule has 0 spiro atoms. The molecule has 0 atom stereocenters. The molecular weight excluding hydrogens is 752 g/mol. The molecule has 0 radical (unpaired) electrons. The Labute approximate surface area is 350 Å². The summed E-state index contributed by atoms with van der Waals surface area (Å²) in [4.78, 5) is 10.7. The first-order chi connectivity index (χ1) is 28.9. The van der Waals surface area contributed by atoms with Gasteiger partial charge in [-0.25, -0.2) is 0 Å². The van der Waals surface area contributed by atoms with Crippen molar-refractivity contribution in [3.05, 3.63) is 29.8 Å². The third-order valence-electron chi connectivity index (χ3n) is 8.50. The van der Waals surface area contributed by atoms with Crippen molar-refractivity contribution in [3.8, 4) is 5.75 Å². The smallest absolute Gasteiger partial charge is 0.150 e. The number of unbranched alkanes of at least 4 members (excludes halogenated alkanes) is 10. The van der Waals surface area contributed by atoms with E-state index in [1.165, 1.54) is 64.2 Å². The molecule has 0 bridgehead atoms. The highest BCUT2D eigenvalue weighted by molar-refractivity contribution is 5.74. The molecule has 0 saturated carbocycles. The van der Waals surface area contributed by atoms with E-state index >= 15 is 0 Å². The maximum absolute atomic E-state index is 10.7. The standard InChI is InChI=1S/C44H80O14/c1-2-3-4-5-6-7-8-9-10-11-12-17-46-18-19-47-20-21-48-22-23-49-24-25-50-26-27-51-28-29-52-30-31-53-32-33-54-34-35-55-36-37-56-38-39-57-40-41-58-44-15-13-43(42-45)14-16-44/h13-16,42H,2-12,17-41H2,1H3. The van der Waals surface area contributed by atoms with E-state index in [1.54, 1.807) is 24.3 Å². The van der Waals surface area contributed by atoms with Crippen LogP contribution in [-0.4, -0.2) is 171 Å². The number of hydrogen-bond donors (Lipinski definition) is 0. The van der Waals surface area contributed by atoms with Crippen molar-refractivity contribution in [3.63, 3.8) is 0 Å². The molecule has 14 nitrogen and oxygen atoms in total. The van der Waals surface area contributed by atoms with Crippen LogP contribution in [0, 0.1) is 0 Å². The lowest BCUT2D eigenvalue weighted by Crippen LogP contribution is -2.15. The lowest BCUT2D eigenvalue weighted by Gasteiger charge is -2.09. The van der Waals surface area contributed by atoms with Crippen LogP contribution in [0.1, 0.15) is 87.9 Å². The van der Waals surface area contributed by atoms with E-state index < -0.39 is 0 Å². The van der Waals surface area contributed by atoms with Crippen molar-refractivity contribution in [2.45, 2.75) is 77.6 Å². The van der Waals surface area contributed by atoms with Gasteiger partial charge in [0.1, 0.15) is 18.6 Å². The highest BCUT2D eigenvalue weighted by atomic mass is 16.6. The average molecular weight is 833 g/mol. The number of benzene rings is 1. The van der Waals surface area contributed by atoms with E-state index in [-0.39, 0.29) is 0 Å². The van der Waals surface area contributed by atoms with Gasteiger partial charge in [-0.1, -0.05) is 71.1 Å². The first-order valence-corrected chi connectivity index (χ1v) is 22.0. The minimum absolute atomic E-state index is 0.430. The quantitative estimate of drug-likeness (QED) is 0.0530. The Kier molecular flexibility index (Phi) is 44.8. The van der Waals surface area contributed by atoms with Crippen molar-refractivity contribution in [1.82, 2.24) is 0 Å². The predicted molar refractivity (Wildman–Crippen MR) is 224 cm³/mol. The summed E-state index contributed by atoms with van der Waals surface area (Å²) in [5.41, 5.74) is 0.618. The Morgan fingerprint density at radius 2 is 0.552 bits per heavy atom. The van der Waals surface area contributed by atoms with Crippen LogP contribution >= 0.6 is 0 Å². The van der Waals surface area contributed by atoms with E-state index in [0.29, 0.717) is 170 Å². The van der Waals surface area contributed by atoms with E-state index in [2.05, 4.69) is 6.92 Å². The fourth-order valence-corrected chi connectivity index (χ4v) is 5.25. The van der Waals surface area contributed by atoms with Gasteiger partial charge in [-0.05, 0) is 30.7 Å². The zero-order valence-electron chi connectivity index (χ0n) is 36.1. The fraction of sp³-hybridized carbons (Fsp3) is 0.841. The molecule has 1 aromatic carbocycles. The number of aldehydes is 1. The lowest BCUT2D eigenvalue weighted by molar-refractivity contribution is -0.0285. The fourth-order valence-electron chi connectivity index (χ4n) is 5.25. The van der Waals surface area contributed by atoms with E-state index in [0.717, 1.165) is 19.3 Å². The summed E-state index contributed by atoms with van der Waals surface area (Å²) >= 11 is 0. The summed E-state index contributed by atoms with van der Waals surface area (Å²) < 4.78 is 71.8. The largest absolute Gasteiger partial charge is 0.491 e. The van der Waals surface area contributed by atoms with Crippen LogP contribution in [0.15, 0.2) is 24.3 Å². The van der Waals surface area contributed by atoms with Gasteiger partial charge in [0, 0.05) is 12.2 Å². The van der Waals surface area contributed by atoms with Crippen LogP contribution in [-0.2, 0) is 56.8 Å². The Hall–Kier alpha value is -1.79. The molecule has 0 aliphatic carbocycles. The third-order valence-corrected chi connectivity index (χ3v) is 8.50. The first kappa shape index (κ1) is 54.2. The van der Waals surface area contributed by atoms with Gasteiger partial charge in [-0.15, -0.1) is 0 Å². The highest BCUT2D eigenvalue weighted by Crippen LogP contribution is 2.12. The third kappa shape index (κ3) is 42.3. The molecule has 58 heavy (non-hydrogen) atoms. The number of carbonyl (C=O) groups excluding carboxylic acids is 1. The van der Waals surface area contributed by atoms with E-state index in [1.807, 2.05) is 0 Å². The summed E-state index contributed by atoms with van der Waals surface area (Å²) in [6.45, 7) is 15.4. The molecule has 0 aliphatic heterocycles. The zero-order chi connectivity index (χ0) is 41.3. The van der Waals surface area contributed by atoms with Crippen molar-refractivity contribution in [1.29, 1.82) is 0 Å². The van der Waals surface area contributed by atoms with Crippen molar-refractivity contribution < 1.29 is 66.4 Å². The summed E-state index contributed by atoms with van der Waals surface area (Å²) in [6.07, 6.45) is 15.6. The molecule has 0 unspecified atom stereocenters. The minimum atomic E-state index is 0.430. The molecule has 0 heterocycles. The van der Waals surface area contributed by atoms with Gasteiger partial charge < -0.3 is 61.6 Å². The van der Waals surface area contributed by atoms with Crippen LogP contribution in [0.3, 0.4) is 0 Å². The maximum atomic E-state index is 10.7. The Morgan fingerprint density at radius 3 is 0.828 bits per heavy atom. The molecule has 0 aliphatic rings. The second-order valence-electron chi connectivity index (χ2n) is 13.4. The predicted octanol–water partition coefficient (Wildman–Crippen LogP) is 6.39. The van der Waals surface area contributed by atoms with E-state index in [4.69, 9.17) is 61.6 Å². The second-order valence-corrected chi connectivity index (χ2v) is 13.4.